The topological polar surface area (TPSA) is 99.5 Å². The van der Waals surface area contributed by atoms with E-state index in [1.54, 1.807) is 49.6 Å². The van der Waals surface area contributed by atoms with Crippen LogP contribution in [0.2, 0.25) is 0 Å². The number of nitrogens with one attached hydrogen (secondary N) is 1. The largest absolute Gasteiger partial charge is 0.497 e. The quantitative estimate of drug-likeness (QED) is 0.800. The van der Waals surface area contributed by atoms with E-state index in [1.807, 2.05) is 6.07 Å². The molecule has 0 aromatic heterocycles. The summed E-state index contributed by atoms with van der Waals surface area (Å²) in [6, 6.07) is 15.3. The van der Waals surface area contributed by atoms with Crippen molar-refractivity contribution < 1.29 is 17.9 Å². The smallest absolute Gasteiger partial charge is 0.239 e. The van der Waals surface area contributed by atoms with Gasteiger partial charge in [-0.1, -0.05) is 18.2 Å². The van der Waals surface area contributed by atoms with Gasteiger partial charge in [0.2, 0.25) is 15.9 Å². The monoisotopic (exact) mass is 373 g/mol. The Bertz CT molecular complexity index is 918. The van der Waals surface area contributed by atoms with E-state index in [0.29, 0.717) is 17.0 Å². The van der Waals surface area contributed by atoms with E-state index in [0.717, 1.165) is 16.1 Å². The summed E-state index contributed by atoms with van der Waals surface area (Å²) >= 11 is 0. The van der Waals surface area contributed by atoms with Crippen molar-refractivity contribution in [1.82, 2.24) is 4.31 Å². The van der Waals surface area contributed by atoms with Gasteiger partial charge in [0.15, 0.2) is 0 Å². The lowest BCUT2D eigenvalue weighted by Gasteiger charge is -2.19. The Morgan fingerprint density at radius 2 is 1.92 bits per heavy atom. The molecular weight excluding hydrogens is 354 g/mol. The third kappa shape index (κ3) is 5.58. The zero-order chi connectivity index (χ0) is 19.2. The second kappa shape index (κ2) is 8.47. The first kappa shape index (κ1) is 19.4. The molecule has 2 aromatic rings. The minimum atomic E-state index is -3.59. The van der Waals surface area contributed by atoms with Gasteiger partial charge in [0, 0.05) is 12.2 Å². The summed E-state index contributed by atoms with van der Waals surface area (Å²) in [5.74, 6) is 0.175. The lowest BCUT2D eigenvalue weighted by Crippen LogP contribution is -2.36. The molecule has 2 rings (SSSR count). The van der Waals surface area contributed by atoms with Crippen LogP contribution in [0.1, 0.15) is 11.1 Å². The van der Waals surface area contributed by atoms with Gasteiger partial charge in [0.1, 0.15) is 5.75 Å². The van der Waals surface area contributed by atoms with Crippen LogP contribution in [0, 0.1) is 11.3 Å². The Labute approximate surface area is 152 Å². The summed E-state index contributed by atoms with van der Waals surface area (Å²) < 4.78 is 30.2. The highest BCUT2D eigenvalue weighted by Gasteiger charge is 2.20. The zero-order valence-electron chi connectivity index (χ0n) is 14.5. The van der Waals surface area contributed by atoms with Gasteiger partial charge in [-0.15, -0.1) is 0 Å². The molecule has 1 N–H and O–H groups in total. The van der Waals surface area contributed by atoms with Crippen molar-refractivity contribution in [1.29, 1.82) is 5.26 Å². The van der Waals surface area contributed by atoms with Crippen molar-refractivity contribution in [3.8, 4) is 11.8 Å². The van der Waals surface area contributed by atoms with Crippen molar-refractivity contribution in [3.63, 3.8) is 0 Å². The van der Waals surface area contributed by atoms with Crippen LogP contribution in [0.25, 0.3) is 0 Å². The molecule has 0 aliphatic rings. The molecule has 0 spiro atoms. The number of hydrogen-bond acceptors (Lipinski definition) is 5. The van der Waals surface area contributed by atoms with Crippen LogP contribution in [0.3, 0.4) is 0 Å². The number of anilines is 1. The Morgan fingerprint density at radius 1 is 1.23 bits per heavy atom. The Hall–Kier alpha value is -2.89. The van der Waals surface area contributed by atoms with E-state index < -0.39 is 15.9 Å². The third-order valence-electron chi connectivity index (χ3n) is 3.58. The second-order valence-corrected chi connectivity index (χ2v) is 7.60. The average molecular weight is 373 g/mol. The number of carbonyl (C=O) groups excluding carboxylic acids is 1. The highest BCUT2D eigenvalue weighted by Crippen LogP contribution is 2.15. The molecule has 8 heteroatoms. The molecule has 1 amide bonds. The molecule has 0 atom stereocenters. The SMILES string of the molecule is COc1ccc(CN(CC(=O)Nc2cccc(C#N)c2)S(C)(=O)=O)cc1. The van der Waals surface area contributed by atoms with Gasteiger partial charge in [-0.3, -0.25) is 4.79 Å². The van der Waals surface area contributed by atoms with Gasteiger partial charge >= 0.3 is 0 Å². The number of rotatable bonds is 7. The van der Waals surface area contributed by atoms with E-state index in [2.05, 4.69) is 5.32 Å². The minimum absolute atomic E-state index is 0.0640. The van der Waals surface area contributed by atoms with Crippen LogP contribution >= 0.6 is 0 Å². The van der Waals surface area contributed by atoms with E-state index in [9.17, 15) is 13.2 Å². The number of methoxy groups -OCH3 is 1. The average Bonchev–Trinajstić information content (AvgIpc) is 2.61. The van der Waals surface area contributed by atoms with E-state index in [4.69, 9.17) is 10.00 Å². The van der Waals surface area contributed by atoms with E-state index in [1.165, 1.54) is 6.07 Å². The maximum absolute atomic E-state index is 12.2. The predicted molar refractivity (Wildman–Crippen MR) is 98.0 cm³/mol. The fourth-order valence-corrected chi connectivity index (χ4v) is 2.99. The number of nitrogens with zero attached hydrogens (tertiary/aromatic N) is 2. The standard InChI is InChI=1S/C18H19N3O4S/c1-25-17-8-6-14(7-9-17)12-21(26(2,23)24)13-18(22)20-16-5-3-4-15(10-16)11-19/h3-10H,12-13H2,1-2H3,(H,20,22). The minimum Gasteiger partial charge on any atom is -0.497 e. The van der Waals surface area contributed by atoms with Crippen LogP contribution < -0.4 is 10.1 Å². The highest BCUT2D eigenvalue weighted by molar-refractivity contribution is 7.88. The Morgan fingerprint density at radius 3 is 2.50 bits per heavy atom. The molecular formula is C18H19N3O4S. The summed E-state index contributed by atoms with van der Waals surface area (Å²) in [5.41, 5.74) is 1.57. The van der Waals surface area contributed by atoms with Gasteiger partial charge in [-0.25, -0.2) is 8.42 Å². The van der Waals surface area contributed by atoms with Crippen LogP contribution in [-0.4, -0.2) is 38.5 Å². The summed E-state index contributed by atoms with van der Waals surface area (Å²) in [4.78, 5) is 12.2. The summed E-state index contributed by atoms with van der Waals surface area (Å²) in [7, 11) is -2.04. The zero-order valence-corrected chi connectivity index (χ0v) is 15.3. The molecule has 0 radical (unpaired) electrons. The first-order valence-electron chi connectivity index (χ1n) is 7.70. The number of amides is 1. The van der Waals surface area contributed by atoms with Gasteiger partial charge < -0.3 is 10.1 Å². The van der Waals surface area contributed by atoms with Gasteiger partial charge in [-0.2, -0.15) is 9.57 Å². The van der Waals surface area contributed by atoms with Crippen LogP contribution in [0.15, 0.2) is 48.5 Å². The fraction of sp³-hybridized carbons (Fsp3) is 0.222. The van der Waals surface area contributed by atoms with Crippen LogP contribution in [0.4, 0.5) is 5.69 Å². The number of nitriles is 1. The number of hydrogen-bond donors (Lipinski definition) is 1. The number of ether oxygens (including phenoxy) is 1. The molecule has 0 saturated carbocycles. The highest BCUT2D eigenvalue weighted by atomic mass is 32.2. The Balaban J connectivity index is 2.09. The van der Waals surface area contributed by atoms with Gasteiger partial charge in [0.25, 0.3) is 0 Å². The van der Waals surface area contributed by atoms with Crippen LogP contribution in [-0.2, 0) is 21.4 Å². The summed E-state index contributed by atoms with van der Waals surface area (Å²) in [6.07, 6.45) is 1.06. The van der Waals surface area contributed by atoms with Crippen molar-refractivity contribution in [2.45, 2.75) is 6.54 Å². The Kier molecular flexibility index (Phi) is 6.33. The molecule has 0 bridgehead atoms. The first-order chi connectivity index (χ1) is 12.3. The second-order valence-electron chi connectivity index (χ2n) is 5.62. The summed E-state index contributed by atoms with van der Waals surface area (Å²) in [6.45, 7) is -0.268. The summed E-state index contributed by atoms with van der Waals surface area (Å²) in [5, 5.41) is 11.5. The molecule has 0 fully saturated rings. The number of carbonyl (C=O) groups is 1. The molecule has 0 aliphatic carbocycles. The fourth-order valence-electron chi connectivity index (χ4n) is 2.25. The molecule has 7 nitrogen and oxygen atoms in total. The molecule has 0 heterocycles. The number of benzene rings is 2. The molecule has 2 aromatic carbocycles. The van der Waals surface area contributed by atoms with E-state index in [-0.39, 0.29) is 13.1 Å². The molecule has 136 valence electrons. The first-order valence-corrected chi connectivity index (χ1v) is 9.54. The maximum atomic E-state index is 12.2. The van der Waals surface area contributed by atoms with Gasteiger partial charge in [0.05, 0.1) is 31.5 Å². The normalized spacial score (nSPS) is 11.0. The number of sulfonamides is 1. The van der Waals surface area contributed by atoms with Crippen molar-refractivity contribution in [2.75, 3.05) is 25.2 Å². The maximum Gasteiger partial charge on any atom is 0.239 e. The molecule has 0 unspecified atom stereocenters. The lowest BCUT2D eigenvalue weighted by molar-refractivity contribution is -0.116. The molecule has 0 aliphatic heterocycles. The lowest BCUT2D eigenvalue weighted by atomic mass is 10.2. The van der Waals surface area contributed by atoms with E-state index >= 15 is 0 Å². The molecule has 26 heavy (non-hydrogen) atoms. The van der Waals surface area contributed by atoms with Crippen molar-refractivity contribution in [2.24, 2.45) is 0 Å². The van der Waals surface area contributed by atoms with Crippen molar-refractivity contribution >= 4 is 21.6 Å². The predicted octanol–water partition coefficient (Wildman–Crippen LogP) is 1.97. The van der Waals surface area contributed by atoms with Crippen molar-refractivity contribution in [3.05, 3.63) is 59.7 Å². The molecule has 0 saturated heterocycles. The van der Waals surface area contributed by atoms with Crippen LogP contribution in [0.5, 0.6) is 5.75 Å². The third-order valence-corrected chi connectivity index (χ3v) is 4.78. The van der Waals surface area contributed by atoms with Gasteiger partial charge in [-0.05, 0) is 35.9 Å².